The van der Waals surface area contributed by atoms with Crippen LogP contribution in [0.1, 0.15) is 47.5 Å². The van der Waals surface area contributed by atoms with Gasteiger partial charge in [0.25, 0.3) is 0 Å². The molecule has 0 aromatic rings. The summed E-state index contributed by atoms with van der Waals surface area (Å²) in [5.41, 5.74) is -1.02. The van der Waals surface area contributed by atoms with Gasteiger partial charge in [-0.25, -0.2) is 4.79 Å². The highest BCUT2D eigenvalue weighted by Crippen LogP contribution is 2.65. The van der Waals surface area contributed by atoms with E-state index in [1.165, 1.54) is 13.8 Å². The van der Waals surface area contributed by atoms with Crippen molar-refractivity contribution in [3.63, 3.8) is 0 Å². The van der Waals surface area contributed by atoms with Crippen molar-refractivity contribution in [2.75, 3.05) is 13.2 Å². The number of hydrogen-bond acceptors (Lipinski definition) is 6. The lowest BCUT2D eigenvalue weighted by Crippen LogP contribution is -2.44. The van der Waals surface area contributed by atoms with Crippen LogP contribution >= 0.6 is 0 Å². The number of nitrogens with zero attached hydrogens (tertiary/aromatic N) is 1. The second kappa shape index (κ2) is 7.29. The van der Waals surface area contributed by atoms with E-state index in [-0.39, 0.29) is 36.6 Å². The van der Waals surface area contributed by atoms with E-state index < -0.39 is 17.1 Å². The van der Waals surface area contributed by atoms with Crippen LogP contribution < -0.4 is 0 Å². The van der Waals surface area contributed by atoms with Crippen molar-refractivity contribution in [3.05, 3.63) is 12.7 Å². The van der Waals surface area contributed by atoms with Crippen LogP contribution in [0.4, 0.5) is 4.79 Å². The highest BCUT2D eigenvalue weighted by molar-refractivity contribution is 5.70. The van der Waals surface area contributed by atoms with Crippen LogP contribution in [-0.4, -0.2) is 53.8 Å². The van der Waals surface area contributed by atoms with Crippen molar-refractivity contribution < 1.29 is 28.6 Å². The molecule has 0 bridgehead atoms. The molecule has 2 rings (SSSR count). The highest BCUT2D eigenvalue weighted by Gasteiger charge is 2.70. The Labute approximate surface area is 154 Å². The Morgan fingerprint density at radius 2 is 1.88 bits per heavy atom. The first-order valence-electron chi connectivity index (χ1n) is 8.91. The standard InChI is InChI=1S/C19H29NO6/c1-7-8-20(17(23)26-18(4,5)6)15-9-16(25-13(3)22)19(10-14(15)19)11-24-12(2)21/h7,14-16H,1,8-11H2,2-6H3/t14-,15+,16+,19+/m1/s1. The van der Waals surface area contributed by atoms with Crippen molar-refractivity contribution in [1.29, 1.82) is 0 Å². The zero-order valence-corrected chi connectivity index (χ0v) is 16.2. The fraction of sp³-hybridized carbons (Fsp3) is 0.737. The molecule has 26 heavy (non-hydrogen) atoms. The Morgan fingerprint density at radius 1 is 1.23 bits per heavy atom. The molecule has 0 radical (unpaired) electrons. The van der Waals surface area contributed by atoms with E-state index in [0.29, 0.717) is 13.0 Å². The zero-order valence-electron chi connectivity index (χ0n) is 16.2. The van der Waals surface area contributed by atoms with Gasteiger partial charge in [0.15, 0.2) is 0 Å². The molecule has 0 unspecified atom stereocenters. The molecule has 2 aliphatic rings. The van der Waals surface area contributed by atoms with Crippen molar-refractivity contribution in [2.24, 2.45) is 11.3 Å². The lowest BCUT2D eigenvalue weighted by atomic mass is 10.0. The number of rotatable bonds is 6. The number of esters is 2. The molecule has 0 N–H and O–H groups in total. The third-order valence-electron chi connectivity index (χ3n) is 4.95. The molecule has 0 saturated heterocycles. The lowest BCUT2D eigenvalue weighted by Gasteiger charge is -2.32. The van der Waals surface area contributed by atoms with Crippen LogP contribution in [0.25, 0.3) is 0 Å². The van der Waals surface area contributed by atoms with Crippen LogP contribution in [0, 0.1) is 11.3 Å². The Hall–Kier alpha value is -2.05. The summed E-state index contributed by atoms with van der Waals surface area (Å²) in [4.78, 5) is 37.1. The maximum atomic E-state index is 12.7. The van der Waals surface area contributed by atoms with Gasteiger partial charge in [-0.05, 0) is 33.1 Å². The summed E-state index contributed by atoms with van der Waals surface area (Å²) in [6.45, 7) is 12.4. The Bertz CT molecular complexity index is 595. The predicted molar refractivity (Wildman–Crippen MR) is 94.3 cm³/mol. The molecule has 0 aliphatic heterocycles. The number of amides is 1. The second-order valence-electron chi connectivity index (χ2n) is 8.15. The third kappa shape index (κ3) is 4.37. The minimum Gasteiger partial charge on any atom is -0.465 e. The van der Waals surface area contributed by atoms with E-state index in [4.69, 9.17) is 14.2 Å². The molecule has 1 amide bonds. The van der Waals surface area contributed by atoms with Gasteiger partial charge in [-0.15, -0.1) is 6.58 Å². The van der Waals surface area contributed by atoms with Crippen molar-refractivity contribution in [2.45, 2.75) is 65.2 Å². The normalized spacial score (nSPS) is 29.3. The van der Waals surface area contributed by atoms with Crippen LogP contribution in [0.2, 0.25) is 0 Å². The second-order valence-corrected chi connectivity index (χ2v) is 8.15. The molecule has 0 spiro atoms. The molecule has 146 valence electrons. The third-order valence-corrected chi connectivity index (χ3v) is 4.95. The van der Waals surface area contributed by atoms with Crippen molar-refractivity contribution >= 4 is 18.0 Å². The van der Waals surface area contributed by atoms with E-state index in [1.54, 1.807) is 11.0 Å². The van der Waals surface area contributed by atoms with E-state index in [9.17, 15) is 14.4 Å². The molecule has 2 aliphatic carbocycles. The first-order valence-corrected chi connectivity index (χ1v) is 8.91. The molecule has 7 nitrogen and oxygen atoms in total. The Balaban J connectivity index is 2.20. The Morgan fingerprint density at radius 3 is 2.38 bits per heavy atom. The maximum Gasteiger partial charge on any atom is 0.410 e. The van der Waals surface area contributed by atoms with Crippen LogP contribution in [0.15, 0.2) is 12.7 Å². The average Bonchev–Trinajstić information content (AvgIpc) is 3.14. The van der Waals surface area contributed by atoms with E-state index in [1.807, 2.05) is 20.8 Å². The summed E-state index contributed by atoms with van der Waals surface area (Å²) in [7, 11) is 0. The monoisotopic (exact) mass is 367 g/mol. The summed E-state index contributed by atoms with van der Waals surface area (Å²) >= 11 is 0. The average molecular weight is 367 g/mol. The number of carbonyl (C=O) groups is 3. The molecule has 4 atom stereocenters. The zero-order chi connectivity index (χ0) is 19.7. The van der Waals surface area contributed by atoms with Gasteiger partial charge in [-0.3, -0.25) is 9.59 Å². The number of carbonyl (C=O) groups excluding carboxylic acids is 3. The largest absolute Gasteiger partial charge is 0.465 e. The molecular weight excluding hydrogens is 338 g/mol. The van der Waals surface area contributed by atoms with E-state index >= 15 is 0 Å². The topological polar surface area (TPSA) is 82.1 Å². The first-order chi connectivity index (χ1) is 12.0. The molecule has 0 heterocycles. The number of ether oxygens (including phenoxy) is 3. The van der Waals surface area contributed by atoms with E-state index in [2.05, 4.69) is 6.58 Å². The SMILES string of the molecule is C=CCN(C(=O)OC(C)(C)C)[C@H]1C[C@H](OC(C)=O)[C@]2(COC(C)=O)C[C@H]12. The van der Waals surface area contributed by atoms with Gasteiger partial charge in [-0.2, -0.15) is 0 Å². The predicted octanol–water partition coefficient (Wildman–Crippen LogP) is 2.68. The smallest absolute Gasteiger partial charge is 0.410 e. The maximum absolute atomic E-state index is 12.7. The highest BCUT2D eigenvalue weighted by atomic mass is 16.6. The summed E-state index contributed by atoms with van der Waals surface area (Å²) in [6, 6.07) is -0.150. The fourth-order valence-electron chi connectivity index (χ4n) is 3.87. The molecule has 2 fully saturated rings. The fourth-order valence-corrected chi connectivity index (χ4v) is 3.87. The quantitative estimate of drug-likeness (QED) is 0.408. The van der Waals surface area contributed by atoms with Gasteiger partial charge in [0, 0.05) is 38.3 Å². The van der Waals surface area contributed by atoms with Crippen LogP contribution in [0.3, 0.4) is 0 Å². The summed E-state index contributed by atoms with van der Waals surface area (Å²) in [5.74, 6) is -0.653. The lowest BCUT2D eigenvalue weighted by molar-refractivity contribution is -0.153. The van der Waals surface area contributed by atoms with E-state index in [0.717, 1.165) is 6.42 Å². The summed E-state index contributed by atoms with van der Waals surface area (Å²) in [6.07, 6.45) is 2.08. The number of fused-ring (bicyclic) bond motifs is 1. The van der Waals surface area contributed by atoms with Crippen molar-refractivity contribution in [1.82, 2.24) is 4.90 Å². The minimum atomic E-state index is -0.608. The summed E-state index contributed by atoms with van der Waals surface area (Å²) < 4.78 is 16.3. The molecular formula is C19H29NO6. The first kappa shape index (κ1) is 20.3. The van der Waals surface area contributed by atoms with Gasteiger partial charge >= 0.3 is 18.0 Å². The molecule has 2 saturated carbocycles. The van der Waals surface area contributed by atoms with Gasteiger partial charge in [0.2, 0.25) is 0 Å². The molecule has 0 aromatic carbocycles. The van der Waals surface area contributed by atoms with Gasteiger partial charge in [0.05, 0.1) is 0 Å². The Kier molecular flexibility index (Phi) is 5.68. The van der Waals surface area contributed by atoms with Gasteiger partial charge < -0.3 is 19.1 Å². The molecule has 0 aromatic heterocycles. The number of hydrogen-bond donors (Lipinski definition) is 0. The van der Waals surface area contributed by atoms with Gasteiger partial charge in [0.1, 0.15) is 18.3 Å². The minimum absolute atomic E-state index is 0.0960. The molecule has 7 heteroatoms. The van der Waals surface area contributed by atoms with Gasteiger partial charge in [-0.1, -0.05) is 6.08 Å². The van der Waals surface area contributed by atoms with Crippen molar-refractivity contribution in [3.8, 4) is 0 Å². The summed E-state index contributed by atoms with van der Waals surface area (Å²) in [5, 5.41) is 0. The van der Waals surface area contributed by atoms with Crippen LogP contribution in [0.5, 0.6) is 0 Å². The van der Waals surface area contributed by atoms with Crippen LogP contribution in [-0.2, 0) is 23.8 Å².